The lowest BCUT2D eigenvalue weighted by Gasteiger charge is -2.36. The number of benzene rings is 1. The molecule has 4 aromatic rings. The summed E-state index contributed by atoms with van der Waals surface area (Å²) in [6, 6.07) is 19.3. The topological polar surface area (TPSA) is 58.4 Å². The molecule has 146 valence electrons. The molecule has 1 N–H and O–H groups in total. The molecule has 29 heavy (non-hydrogen) atoms. The van der Waals surface area contributed by atoms with Gasteiger partial charge >= 0.3 is 0 Å². The molecule has 6 heteroatoms. The minimum absolute atomic E-state index is 0.429. The van der Waals surface area contributed by atoms with Crippen LogP contribution in [0.2, 0.25) is 0 Å². The number of aromatic nitrogens is 4. The van der Waals surface area contributed by atoms with E-state index in [4.69, 9.17) is 10.1 Å². The van der Waals surface area contributed by atoms with Crippen LogP contribution in [0.25, 0.3) is 28.2 Å². The van der Waals surface area contributed by atoms with Crippen LogP contribution in [0.1, 0.15) is 13.8 Å². The fraction of sp³-hybridized carbons (Fsp3) is 0.261. The first-order chi connectivity index (χ1) is 14.2. The van der Waals surface area contributed by atoms with E-state index in [-0.39, 0.29) is 0 Å². The van der Waals surface area contributed by atoms with Gasteiger partial charge in [-0.15, -0.1) is 5.10 Å². The van der Waals surface area contributed by atoms with Crippen molar-refractivity contribution < 1.29 is 0 Å². The van der Waals surface area contributed by atoms with Crippen molar-refractivity contribution in [2.45, 2.75) is 25.9 Å². The van der Waals surface area contributed by atoms with E-state index in [0.29, 0.717) is 12.1 Å². The summed E-state index contributed by atoms with van der Waals surface area (Å²) in [5.41, 5.74) is 4.90. The van der Waals surface area contributed by atoms with Gasteiger partial charge in [0.05, 0.1) is 5.69 Å². The second-order valence-corrected chi connectivity index (χ2v) is 7.75. The summed E-state index contributed by atoms with van der Waals surface area (Å²) in [4.78, 5) is 11.5. The maximum Gasteiger partial charge on any atom is 0.155 e. The second-order valence-electron chi connectivity index (χ2n) is 7.75. The molecule has 0 aliphatic carbocycles. The highest BCUT2D eigenvalue weighted by atomic mass is 15.4. The Morgan fingerprint density at radius 3 is 2.31 bits per heavy atom. The van der Waals surface area contributed by atoms with Crippen LogP contribution < -0.4 is 10.2 Å². The molecule has 0 radical (unpaired) electrons. The number of rotatable bonds is 3. The Labute approximate surface area is 170 Å². The van der Waals surface area contributed by atoms with Gasteiger partial charge < -0.3 is 10.2 Å². The largest absolute Gasteiger partial charge is 0.352 e. The molecule has 1 aliphatic rings. The van der Waals surface area contributed by atoms with E-state index in [1.165, 1.54) is 0 Å². The summed E-state index contributed by atoms with van der Waals surface area (Å²) in [6.07, 6.45) is 3.63. The van der Waals surface area contributed by atoms with Crippen LogP contribution in [-0.4, -0.2) is 44.8 Å². The Kier molecular flexibility index (Phi) is 4.48. The first kappa shape index (κ1) is 17.8. The summed E-state index contributed by atoms with van der Waals surface area (Å²) in [5, 5.41) is 8.61. The Balaban J connectivity index is 1.69. The Morgan fingerprint density at radius 1 is 0.862 bits per heavy atom. The molecule has 3 aromatic heterocycles. The van der Waals surface area contributed by atoms with Gasteiger partial charge in [0.25, 0.3) is 0 Å². The number of piperazine rings is 1. The molecule has 5 rings (SSSR count). The third kappa shape index (κ3) is 3.36. The molecule has 0 amide bonds. The van der Waals surface area contributed by atoms with Gasteiger partial charge in [-0.1, -0.05) is 30.3 Å². The van der Waals surface area contributed by atoms with Crippen LogP contribution in [-0.2, 0) is 0 Å². The highest BCUT2D eigenvalue weighted by Crippen LogP contribution is 2.32. The smallest absolute Gasteiger partial charge is 0.155 e. The van der Waals surface area contributed by atoms with Crippen LogP contribution in [0.4, 0.5) is 5.82 Å². The summed E-state index contributed by atoms with van der Waals surface area (Å²) >= 11 is 0. The fourth-order valence-electron chi connectivity index (χ4n) is 4.17. The number of nitrogens with one attached hydrogen (secondary N) is 1. The van der Waals surface area contributed by atoms with Gasteiger partial charge in [0.2, 0.25) is 0 Å². The third-order valence-corrected chi connectivity index (χ3v) is 5.35. The Hall–Kier alpha value is -3.25. The zero-order valence-electron chi connectivity index (χ0n) is 16.7. The highest BCUT2D eigenvalue weighted by Gasteiger charge is 2.23. The van der Waals surface area contributed by atoms with Gasteiger partial charge in [-0.3, -0.25) is 4.98 Å². The van der Waals surface area contributed by atoms with Crippen molar-refractivity contribution in [2.75, 3.05) is 18.0 Å². The maximum absolute atomic E-state index is 5.02. The van der Waals surface area contributed by atoms with Gasteiger partial charge in [-0.25, -0.2) is 9.50 Å². The molecule has 4 heterocycles. The molecule has 0 saturated carbocycles. The number of fused-ring (bicyclic) bond motifs is 1. The predicted molar refractivity (Wildman–Crippen MR) is 116 cm³/mol. The Morgan fingerprint density at radius 2 is 1.59 bits per heavy atom. The fourth-order valence-corrected chi connectivity index (χ4v) is 4.17. The van der Waals surface area contributed by atoms with Crippen molar-refractivity contribution in [2.24, 2.45) is 0 Å². The molecule has 0 bridgehead atoms. The number of hydrogen-bond donors (Lipinski definition) is 1. The minimum Gasteiger partial charge on any atom is -0.352 e. The lowest BCUT2D eigenvalue weighted by atomic mass is 10.1. The van der Waals surface area contributed by atoms with E-state index in [2.05, 4.69) is 53.3 Å². The number of anilines is 1. The standard InChI is InChI=1S/C23H24N6/c1-16-14-28(15-17(2)25-16)21-9-8-20-26-22(18-6-4-3-5-7-18)23(29(20)27-21)19-10-12-24-13-11-19/h3-13,16-17,25H,14-15H2,1-2H3. The lowest BCUT2D eigenvalue weighted by molar-refractivity contribution is 0.404. The first-order valence-electron chi connectivity index (χ1n) is 10.1. The molecular weight excluding hydrogens is 360 g/mol. The van der Waals surface area contributed by atoms with E-state index in [0.717, 1.165) is 47.1 Å². The molecular formula is C23H24N6. The van der Waals surface area contributed by atoms with Crippen molar-refractivity contribution in [3.63, 3.8) is 0 Å². The van der Waals surface area contributed by atoms with E-state index in [1.54, 1.807) is 0 Å². The SMILES string of the molecule is CC1CN(c2ccc3nc(-c4ccccc4)c(-c4ccncc4)n3n2)CC(C)N1. The van der Waals surface area contributed by atoms with Crippen LogP contribution >= 0.6 is 0 Å². The van der Waals surface area contributed by atoms with E-state index >= 15 is 0 Å². The third-order valence-electron chi connectivity index (χ3n) is 5.35. The average Bonchev–Trinajstić information content (AvgIpc) is 3.13. The predicted octanol–water partition coefficient (Wildman–Crippen LogP) is 3.64. The van der Waals surface area contributed by atoms with E-state index in [9.17, 15) is 0 Å². The number of pyridine rings is 1. The average molecular weight is 384 g/mol. The summed E-state index contributed by atoms with van der Waals surface area (Å²) in [5.74, 6) is 0.977. The van der Waals surface area contributed by atoms with Gasteiger partial charge in [0.15, 0.2) is 5.65 Å². The molecule has 1 fully saturated rings. The van der Waals surface area contributed by atoms with E-state index < -0.39 is 0 Å². The summed E-state index contributed by atoms with van der Waals surface area (Å²) < 4.78 is 1.98. The van der Waals surface area contributed by atoms with Crippen molar-refractivity contribution in [3.05, 3.63) is 67.0 Å². The van der Waals surface area contributed by atoms with Gasteiger partial charge in [0, 0.05) is 48.7 Å². The second kappa shape index (κ2) is 7.29. The summed E-state index contributed by atoms with van der Waals surface area (Å²) in [6.45, 7) is 6.31. The van der Waals surface area contributed by atoms with Crippen LogP contribution in [0, 0.1) is 0 Å². The maximum atomic E-state index is 5.02. The van der Waals surface area contributed by atoms with Gasteiger partial charge in [0.1, 0.15) is 11.5 Å². The zero-order valence-corrected chi connectivity index (χ0v) is 16.7. The molecule has 0 spiro atoms. The molecule has 2 atom stereocenters. The van der Waals surface area contributed by atoms with Gasteiger partial charge in [-0.05, 0) is 38.1 Å². The van der Waals surface area contributed by atoms with Crippen molar-refractivity contribution in [1.29, 1.82) is 0 Å². The van der Waals surface area contributed by atoms with Crippen LogP contribution in [0.3, 0.4) is 0 Å². The zero-order chi connectivity index (χ0) is 19.8. The van der Waals surface area contributed by atoms with Crippen LogP contribution in [0.15, 0.2) is 67.0 Å². The van der Waals surface area contributed by atoms with Crippen LogP contribution in [0.5, 0.6) is 0 Å². The number of imidazole rings is 1. The normalized spacial score (nSPS) is 19.6. The van der Waals surface area contributed by atoms with Gasteiger partial charge in [-0.2, -0.15) is 0 Å². The molecule has 6 nitrogen and oxygen atoms in total. The number of hydrogen-bond acceptors (Lipinski definition) is 5. The monoisotopic (exact) mass is 384 g/mol. The summed E-state index contributed by atoms with van der Waals surface area (Å²) in [7, 11) is 0. The van der Waals surface area contributed by atoms with E-state index in [1.807, 2.05) is 47.2 Å². The first-order valence-corrected chi connectivity index (χ1v) is 10.1. The highest BCUT2D eigenvalue weighted by molar-refractivity contribution is 5.81. The Bertz CT molecular complexity index is 1110. The molecule has 2 unspecified atom stereocenters. The van der Waals surface area contributed by atoms with Crippen molar-refractivity contribution in [3.8, 4) is 22.5 Å². The molecule has 1 saturated heterocycles. The lowest BCUT2D eigenvalue weighted by Crippen LogP contribution is -2.54. The number of nitrogens with zero attached hydrogens (tertiary/aromatic N) is 5. The minimum atomic E-state index is 0.429. The van der Waals surface area contributed by atoms with Crippen molar-refractivity contribution in [1.82, 2.24) is 24.9 Å². The molecule has 1 aliphatic heterocycles. The molecule has 1 aromatic carbocycles. The quantitative estimate of drug-likeness (QED) is 0.584. The van der Waals surface area contributed by atoms with Crippen molar-refractivity contribution >= 4 is 11.5 Å².